The zero-order valence-electron chi connectivity index (χ0n) is 14.8. The molecule has 146 valence electrons. The second-order valence-electron chi connectivity index (χ2n) is 6.27. The lowest BCUT2D eigenvalue weighted by Gasteiger charge is -2.05. The number of halogens is 2. The van der Waals surface area contributed by atoms with E-state index in [-0.39, 0.29) is 11.7 Å². The number of carbonyl (C=O) groups excluding carboxylic acids is 1. The summed E-state index contributed by atoms with van der Waals surface area (Å²) in [5, 5.41) is 4.41. The quantitative estimate of drug-likeness (QED) is 0.577. The van der Waals surface area contributed by atoms with E-state index in [4.69, 9.17) is 23.2 Å². The van der Waals surface area contributed by atoms with Crippen molar-refractivity contribution in [2.75, 3.05) is 11.6 Å². The average Bonchev–Trinajstić information content (AvgIpc) is 3.04. The zero-order valence-corrected chi connectivity index (χ0v) is 17.9. The fraction of sp³-hybridized carbons (Fsp3) is 0.158. The van der Waals surface area contributed by atoms with Crippen LogP contribution in [0.4, 0.5) is 5.13 Å². The van der Waals surface area contributed by atoms with Gasteiger partial charge in [-0.2, -0.15) is 0 Å². The normalized spacial score (nSPS) is 11.4. The summed E-state index contributed by atoms with van der Waals surface area (Å²) in [6, 6.07) is 11.8. The van der Waals surface area contributed by atoms with Gasteiger partial charge in [0.25, 0.3) is 5.91 Å². The summed E-state index contributed by atoms with van der Waals surface area (Å²) in [5.74, 6) is -0.465. The van der Waals surface area contributed by atoms with E-state index >= 15 is 0 Å². The molecule has 0 spiro atoms. The molecule has 3 rings (SSSR count). The lowest BCUT2D eigenvalue weighted by molar-refractivity contribution is 0.102. The molecule has 0 aliphatic carbocycles. The highest BCUT2D eigenvalue weighted by Gasteiger charge is 2.12. The van der Waals surface area contributed by atoms with Gasteiger partial charge < -0.3 is 0 Å². The number of hydrogen-bond donors (Lipinski definition) is 1. The number of aromatic nitrogens is 1. The Morgan fingerprint density at radius 1 is 1.18 bits per heavy atom. The van der Waals surface area contributed by atoms with E-state index < -0.39 is 9.84 Å². The molecule has 28 heavy (non-hydrogen) atoms. The fourth-order valence-corrected chi connectivity index (χ4v) is 4.58. The molecular weight excluding hydrogens is 439 g/mol. The highest BCUT2D eigenvalue weighted by molar-refractivity contribution is 7.89. The SMILES string of the molecule is CS(=O)(=O)Cc1cccc(C(=O)Nc2ncc(Cc3cc(Cl)ccc3Cl)s2)c1. The molecule has 0 aliphatic heterocycles. The standard InChI is InChI=1S/C19H16Cl2N2O3S2/c1-28(25,26)11-12-3-2-4-13(7-12)18(24)23-19-22-10-16(27-19)9-14-8-15(20)5-6-17(14)21/h2-8,10H,9,11H2,1H3,(H,22,23,24). The molecule has 1 N–H and O–H groups in total. The first-order valence-corrected chi connectivity index (χ1v) is 11.8. The second-order valence-corrected chi connectivity index (χ2v) is 10.4. The van der Waals surface area contributed by atoms with E-state index in [1.165, 1.54) is 11.3 Å². The third-order valence-electron chi connectivity index (χ3n) is 3.76. The Balaban J connectivity index is 1.70. The molecular formula is C19H16Cl2N2O3S2. The Kier molecular flexibility index (Phi) is 6.40. The second kappa shape index (κ2) is 8.61. The van der Waals surface area contributed by atoms with Gasteiger partial charge in [0.15, 0.2) is 15.0 Å². The van der Waals surface area contributed by atoms with Gasteiger partial charge >= 0.3 is 0 Å². The summed E-state index contributed by atoms with van der Waals surface area (Å²) in [6.07, 6.45) is 3.39. The molecule has 2 aromatic carbocycles. The Hall–Kier alpha value is -1.93. The highest BCUT2D eigenvalue weighted by atomic mass is 35.5. The maximum atomic E-state index is 12.5. The summed E-state index contributed by atoms with van der Waals surface area (Å²) >= 11 is 13.5. The molecule has 0 aliphatic rings. The van der Waals surface area contributed by atoms with Gasteiger partial charge in [0.05, 0.1) is 5.75 Å². The number of hydrogen-bond acceptors (Lipinski definition) is 5. The van der Waals surface area contributed by atoms with Crippen LogP contribution < -0.4 is 5.32 Å². The first kappa shape index (κ1) is 20.8. The number of benzene rings is 2. The Morgan fingerprint density at radius 3 is 2.71 bits per heavy atom. The number of sulfone groups is 1. The van der Waals surface area contributed by atoms with Crippen LogP contribution in [-0.2, 0) is 22.0 Å². The molecule has 0 bridgehead atoms. The minimum absolute atomic E-state index is 0.115. The van der Waals surface area contributed by atoms with Crippen LogP contribution in [0.1, 0.15) is 26.4 Å². The monoisotopic (exact) mass is 454 g/mol. The van der Waals surface area contributed by atoms with Crippen molar-refractivity contribution in [1.29, 1.82) is 0 Å². The summed E-state index contributed by atoms with van der Waals surface area (Å²) in [5.41, 5.74) is 1.81. The number of nitrogens with zero attached hydrogens (tertiary/aromatic N) is 1. The van der Waals surface area contributed by atoms with E-state index in [1.807, 2.05) is 0 Å². The predicted molar refractivity (Wildman–Crippen MR) is 114 cm³/mol. The van der Waals surface area contributed by atoms with Gasteiger partial charge in [-0.05, 0) is 41.5 Å². The molecule has 1 amide bonds. The van der Waals surface area contributed by atoms with Crippen LogP contribution in [0.2, 0.25) is 10.0 Å². The Morgan fingerprint density at radius 2 is 1.96 bits per heavy atom. The molecule has 3 aromatic rings. The van der Waals surface area contributed by atoms with Crippen LogP contribution in [0.5, 0.6) is 0 Å². The smallest absolute Gasteiger partial charge is 0.257 e. The molecule has 0 saturated carbocycles. The molecule has 0 saturated heterocycles. The number of amides is 1. The van der Waals surface area contributed by atoms with Crippen LogP contribution in [0.3, 0.4) is 0 Å². The van der Waals surface area contributed by atoms with Crippen molar-refractivity contribution in [3.05, 3.63) is 80.3 Å². The van der Waals surface area contributed by atoms with E-state index in [0.717, 1.165) is 16.7 Å². The Labute approximate surface area is 177 Å². The van der Waals surface area contributed by atoms with Crippen molar-refractivity contribution in [1.82, 2.24) is 4.98 Å². The maximum absolute atomic E-state index is 12.5. The molecule has 0 unspecified atom stereocenters. The van der Waals surface area contributed by atoms with Crippen LogP contribution in [0, 0.1) is 0 Å². The third kappa shape index (κ3) is 5.78. The van der Waals surface area contributed by atoms with Crippen molar-refractivity contribution >= 4 is 55.4 Å². The highest BCUT2D eigenvalue weighted by Crippen LogP contribution is 2.27. The predicted octanol–water partition coefficient (Wildman–Crippen LogP) is 4.84. The van der Waals surface area contributed by atoms with Gasteiger partial charge in [-0.1, -0.05) is 35.3 Å². The average molecular weight is 455 g/mol. The number of anilines is 1. The summed E-state index contributed by atoms with van der Waals surface area (Å²) in [7, 11) is -3.17. The Bertz CT molecular complexity index is 1130. The number of nitrogens with one attached hydrogen (secondary N) is 1. The van der Waals surface area contributed by atoms with Gasteiger partial charge in [-0.3, -0.25) is 10.1 Å². The summed E-state index contributed by atoms with van der Waals surface area (Å²) in [4.78, 5) is 17.6. The van der Waals surface area contributed by atoms with E-state index in [9.17, 15) is 13.2 Å². The van der Waals surface area contributed by atoms with Crippen molar-refractivity contribution in [2.24, 2.45) is 0 Å². The van der Waals surface area contributed by atoms with Crippen LogP contribution in [-0.4, -0.2) is 25.6 Å². The minimum Gasteiger partial charge on any atom is -0.298 e. The van der Waals surface area contributed by atoms with Crippen molar-refractivity contribution in [2.45, 2.75) is 12.2 Å². The first-order chi connectivity index (χ1) is 13.2. The van der Waals surface area contributed by atoms with Gasteiger partial charge in [0.2, 0.25) is 0 Å². The molecule has 1 aromatic heterocycles. The van der Waals surface area contributed by atoms with Crippen LogP contribution in [0.15, 0.2) is 48.7 Å². The minimum atomic E-state index is -3.17. The summed E-state index contributed by atoms with van der Waals surface area (Å²) in [6.45, 7) is 0. The van der Waals surface area contributed by atoms with Gasteiger partial charge in [-0.15, -0.1) is 11.3 Å². The van der Waals surface area contributed by atoms with Gasteiger partial charge in [0, 0.05) is 39.4 Å². The number of rotatable bonds is 6. The topological polar surface area (TPSA) is 76.1 Å². The number of carbonyl (C=O) groups is 1. The van der Waals surface area contributed by atoms with E-state index in [1.54, 1.807) is 48.7 Å². The molecule has 0 radical (unpaired) electrons. The summed E-state index contributed by atoms with van der Waals surface area (Å²) < 4.78 is 22.9. The maximum Gasteiger partial charge on any atom is 0.257 e. The molecule has 1 heterocycles. The third-order valence-corrected chi connectivity index (χ3v) is 6.14. The van der Waals surface area contributed by atoms with Crippen LogP contribution in [0.25, 0.3) is 0 Å². The van der Waals surface area contributed by atoms with E-state index in [0.29, 0.717) is 32.7 Å². The molecule has 9 heteroatoms. The van der Waals surface area contributed by atoms with E-state index in [2.05, 4.69) is 10.3 Å². The zero-order chi connectivity index (χ0) is 20.3. The lowest BCUT2D eigenvalue weighted by Crippen LogP contribution is -2.12. The van der Waals surface area contributed by atoms with Crippen molar-refractivity contribution in [3.63, 3.8) is 0 Å². The van der Waals surface area contributed by atoms with Crippen molar-refractivity contribution in [3.8, 4) is 0 Å². The number of thiazole rings is 1. The molecule has 0 fully saturated rings. The molecule has 0 atom stereocenters. The molecule has 5 nitrogen and oxygen atoms in total. The van der Waals surface area contributed by atoms with Crippen molar-refractivity contribution < 1.29 is 13.2 Å². The fourth-order valence-electron chi connectivity index (χ4n) is 2.59. The first-order valence-electron chi connectivity index (χ1n) is 8.16. The largest absolute Gasteiger partial charge is 0.298 e. The van der Waals surface area contributed by atoms with Crippen LogP contribution >= 0.6 is 34.5 Å². The van der Waals surface area contributed by atoms with Gasteiger partial charge in [0.1, 0.15) is 0 Å². The lowest BCUT2D eigenvalue weighted by atomic mass is 10.1. The van der Waals surface area contributed by atoms with Gasteiger partial charge in [-0.25, -0.2) is 13.4 Å².